The number of pyridine rings is 1. The lowest BCUT2D eigenvalue weighted by atomic mass is 9.93. The van der Waals surface area contributed by atoms with Gasteiger partial charge in [-0.05, 0) is 54.6 Å². The van der Waals surface area contributed by atoms with E-state index in [0.717, 1.165) is 35.8 Å². The second-order valence-corrected chi connectivity index (χ2v) is 8.82. The molecule has 0 saturated carbocycles. The number of fused-ring (bicyclic) bond motifs is 1. The highest BCUT2D eigenvalue weighted by molar-refractivity contribution is 7.09. The summed E-state index contributed by atoms with van der Waals surface area (Å²) >= 11 is 1.59. The van der Waals surface area contributed by atoms with E-state index in [1.807, 2.05) is 19.3 Å². The summed E-state index contributed by atoms with van der Waals surface area (Å²) in [7, 11) is 1.96. The average Bonchev–Trinajstić information content (AvgIpc) is 3.22. The third-order valence-corrected chi connectivity index (χ3v) is 6.13. The molecule has 0 fully saturated rings. The van der Waals surface area contributed by atoms with Gasteiger partial charge in [-0.15, -0.1) is 11.3 Å². The smallest absolute Gasteiger partial charge is 0.258 e. The van der Waals surface area contributed by atoms with E-state index in [1.54, 1.807) is 22.0 Å². The molecule has 4 rings (SSSR count). The van der Waals surface area contributed by atoms with E-state index in [1.165, 1.54) is 16.7 Å². The van der Waals surface area contributed by atoms with Crippen molar-refractivity contribution in [2.24, 2.45) is 0 Å². The molecule has 5 nitrogen and oxygen atoms in total. The predicted octanol–water partition coefficient (Wildman–Crippen LogP) is 4.67. The van der Waals surface area contributed by atoms with Gasteiger partial charge >= 0.3 is 0 Å². The summed E-state index contributed by atoms with van der Waals surface area (Å²) in [5.41, 5.74) is 5.83. The van der Waals surface area contributed by atoms with Crippen molar-refractivity contribution in [2.75, 3.05) is 7.05 Å². The minimum absolute atomic E-state index is 0.0731. The highest BCUT2D eigenvalue weighted by Crippen LogP contribution is 2.27. The Hall–Kier alpha value is -2.70. The van der Waals surface area contributed by atoms with Crippen LogP contribution in [-0.4, -0.2) is 16.6 Å². The summed E-state index contributed by atoms with van der Waals surface area (Å²) in [6.07, 6.45) is 5.71. The SMILES string of the molecule is CNCc1ccc2c(c1)CCC(n1ccc(OCc3nc(C(C)C)cs3)cc1=O)=C2. The second kappa shape index (κ2) is 8.98. The molecule has 1 aliphatic carbocycles. The van der Waals surface area contributed by atoms with Gasteiger partial charge in [-0.3, -0.25) is 9.36 Å². The number of allylic oxidation sites excluding steroid dienone is 1. The van der Waals surface area contributed by atoms with Crippen LogP contribution in [0.15, 0.2) is 46.7 Å². The first-order chi connectivity index (χ1) is 14.5. The van der Waals surface area contributed by atoms with E-state index in [-0.39, 0.29) is 5.56 Å². The average molecular weight is 422 g/mol. The van der Waals surface area contributed by atoms with Crippen LogP contribution in [0.5, 0.6) is 5.75 Å². The highest BCUT2D eigenvalue weighted by atomic mass is 32.1. The summed E-state index contributed by atoms with van der Waals surface area (Å²) in [5, 5.41) is 6.18. The molecular weight excluding hydrogens is 394 g/mol. The van der Waals surface area contributed by atoms with Crippen LogP contribution in [0.2, 0.25) is 0 Å². The minimum Gasteiger partial charge on any atom is -0.486 e. The van der Waals surface area contributed by atoms with Crippen LogP contribution in [0.1, 0.15) is 53.6 Å². The quantitative estimate of drug-likeness (QED) is 0.602. The fourth-order valence-corrected chi connectivity index (χ4v) is 4.49. The Morgan fingerprint density at radius 2 is 2.10 bits per heavy atom. The van der Waals surface area contributed by atoms with Crippen molar-refractivity contribution in [2.45, 2.75) is 45.8 Å². The molecule has 2 heterocycles. The van der Waals surface area contributed by atoms with Crippen LogP contribution in [0.4, 0.5) is 0 Å². The van der Waals surface area contributed by atoms with Gasteiger partial charge in [-0.2, -0.15) is 0 Å². The standard InChI is InChI=1S/C24H27N3O2S/c1-16(2)22-15-30-23(26-22)14-29-21-8-9-27(24(28)12-21)20-7-6-18-10-17(13-25-3)4-5-19(18)11-20/h4-5,8-12,15-16,25H,6-7,13-14H2,1-3H3. The van der Waals surface area contributed by atoms with Crippen LogP contribution in [0.25, 0.3) is 11.8 Å². The van der Waals surface area contributed by atoms with Gasteiger partial charge in [0.15, 0.2) is 0 Å². The van der Waals surface area contributed by atoms with Crippen molar-refractivity contribution >= 4 is 23.1 Å². The third kappa shape index (κ3) is 4.55. The van der Waals surface area contributed by atoms with Gasteiger partial charge in [-0.25, -0.2) is 4.98 Å². The zero-order valence-electron chi connectivity index (χ0n) is 17.6. The van der Waals surface area contributed by atoms with Crippen molar-refractivity contribution in [3.05, 3.63) is 79.7 Å². The Balaban J connectivity index is 1.48. The summed E-state index contributed by atoms with van der Waals surface area (Å²) in [6.45, 7) is 5.49. The van der Waals surface area contributed by atoms with Crippen molar-refractivity contribution in [3.63, 3.8) is 0 Å². The molecule has 156 valence electrons. The fourth-order valence-electron chi connectivity index (χ4n) is 3.62. The number of aryl methyl sites for hydroxylation is 1. The maximum Gasteiger partial charge on any atom is 0.258 e. The molecule has 0 unspecified atom stereocenters. The van der Waals surface area contributed by atoms with Gasteiger partial charge in [0.25, 0.3) is 5.56 Å². The molecule has 1 aromatic carbocycles. The number of benzene rings is 1. The summed E-state index contributed by atoms with van der Waals surface area (Å²) < 4.78 is 7.53. The maximum atomic E-state index is 12.7. The summed E-state index contributed by atoms with van der Waals surface area (Å²) in [4.78, 5) is 17.3. The molecule has 1 aliphatic rings. The monoisotopic (exact) mass is 421 g/mol. The summed E-state index contributed by atoms with van der Waals surface area (Å²) in [6, 6.07) is 9.94. The molecule has 30 heavy (non-hydrogen) atoms. The fraction of sp³-hybridized carbons (Fsp3) is 0.333. The molecule has 6 heteroatoms. The van der Waals surface area contributed by atoms with Crippen molar-refractivity contribution in [3.8, 4) is 5.75 Å². The van der Waals surface area contributed by atoms with Crippen molar-refractivity contribution in [1.29, 1.82) is 0 Å². The molecule has 0 bridgehead atoms. The van der Waals surface area contributed by atoms with E-state index in [2.05, 4.69) is 53.8 Å². The van der Waals surface area contributed by atoms with Gasteiger partial charge in [0.2, 0.25) is 0 Å². The zero-order chi connectivity index (χ0) is 21.1. The van der Waals surface area contributed by atoms with Gasteiger partial charge in [0, 0.05) is 29.9 Å². The Bertz CT molecular complexity index is 1130. The Kier molecular flexibility index (Phi) is 6.16. The lowest BCUT2D eigenvalue weighted by molar-refractivity contribution is 0.304. The normalized spacial score (nSPS) is 13.3. The topological polar surface area (TPSA) is 56.1 Å². The van der Waals surface area contributed by atoms with Crippen molar-refractivity contribution < 1.29 is 4.74 Å². The zero-order valence-corrected chi connectivity index (χ0v) is 18.5. The molecule has 3 aromatic rings. The number of ether oxygens (including phenoxy) is 1. The second-order valence-electron chi connectivity index (χ2n) is 7.88. The minimum atomic E-state index is -0.0731. The number of aromatic nitrogens is 2. The van der Waals surface area contributed by atoms with E-state index >= 15 is 0 Å². The molecule has 0 radical (unpaired) electrons. The van der Waals surface area contributed by atoms with Crippen LogP contribution in [0.3, 0.4) is 0 Å². The number of nitrogens with zero attached hydrogens (tertiary/aromatic N) is 2. The first kappa shape index (κ1) is 20.6. The van der Waals surface area contributed by atoms with Crippen LogP contribution >= 0.6 is 11.3 Å². The molecule has 1 N–H and O–H groups in total. The first-order valence-electron chi connectivity index (χ1n) is 10.3. The van der Waals surface area contributed by atoms with E-state index in [9.17, 15) is 4.79 Å². The molecule has 0 spiro atoms. The Morgan fingerprint density at radius 1 is 1.23 bits per heavy atom. The van der Waals surface area contributed by atoms with Crippen molar-refractivity contribution in [1.82, 2.24) is 14.9 Å². The molecule has 0 amide bonds. The first-order valence-corrected chi connectivity index (χ1v) is 11.2. The van der Waals surface area contributed by atoms with E-state index < -0.39 is 0 Å². The molecule has 0 saturated heterocycles. The Labute approximate surface area is 181 Å². The molecule has 0 atom stereocenters. The largest absolute Gasteiger partial charge is 0.486 e. The Morgan fingerprint density at radius 3 is 2.83 bits per heavy atom. The number of nitrogens with one attached hydrogen (secondary N) is 1. The number of thiazole rings is 1. The maximum absolute atomic E-state index is 12.7. The predicted molar refractivity (Wildman–Crippen MR) is 123 cm³/mol. The lowest BCUT2D eigenvalue weighted by Crippen LogP contribution is -2.19. The van der Waals surface area contributed by atoms with E-state index in [0.29, 0.717) is 18.3 Å². The van der Waals surface area contributed by atoms with Gasteiger partial charge < -0.3 is 10.1 Å². The van der Waals surface area contributed by atoms with Crippen LogP contribution in [-0.2, 0) is 19.6 Å². The highest BCUT2D eigenvalue weighted by Gasteiger charge is 2.14. The van der Waals surface area contributed by atoms with Crippen LogP contribution in [0, 0.1) is 0 Å². The van der Waals surface area contributed by atoms with Gasteiger partial charge in [-0.1, -0.05) is 32.0 Å². The van der Waals surface area contributed by atoms with E-state index in [4.69, 9.17) is 4.74 Å². The molecule has 0 aliphatic heterocycles. The lowest BCUT2D eigenvalue weighted by Gasteiger charge is -2.19. The number of hydrogen-bond acceptors (Lipinski definition) is 5. The molecule has 2 aromatic heterocycles. The third-order valence-electron chi connectivity index (χ3n) is 5.28. The van der Waals surface area contributed by atoms with Gasteiger partial charge in [0.1, 0.15) is 17.4 Å². The van der Waals surface area contributed by atoms with Gasteiger partial charge in [0.05, 0.1) is 5.69 Å². The number of rotatable bonds is 7. The summed E-state index contributed by atoms with van der Waals surface area (Å²) in [5.74, 6) is 0.980. The molecular formula is C24H27N3O2S. The number of hydrogen-bond donors (Lipinski definition) is 1. The van der Waals surface area contributed by atoms with Crippen LogP contribution < -0.4 is 15.6 Å².